The van der Waals surface area contributed by atoms with Crippen molar-refractivity contribution in [3.8, 4) is 0 Å². The van der Waals surface area contributed by atoms with Crippen LogP contribution in [0.15, 0.2) is 4.99 Å². The molecule has 0 radical (unpaired) electrons. The Hall–Kier alpha value is -0.523. The van der Waals surface area contributed by atoms with Crippen molar-refractivity contribution in [2.24, 2.45) is 4.99 Å². The second-order valence-corrected chi connectivity index (χ2v) is 3.90. The van der Waals surface area contributed by atoms with E-state index in [-0.39, 0.29) is 12.6 Å². The van der Waals surface area contributed by atoms with Crippen molar-refractivity contribution < 1.29 is 19.2 Å². The van der Waals surface area contributed by atoms with Crippen LogP contribution in [0.1, 0.15) is 6.42 Å². The van der Waals surface area contributed by atoms with E-state index in [0.29, 0.717) is 6.42 Å². The molecule has 5 nitrogen and oxygen atoms in total. The van der Waals surface area contributed by atoms with Crippen LogP contribution in [-0.4, -0.2) is 35.8 Å². The predicted molar refractivity (Wildman–Crippen MR) is 34.8 cm³/mol. The molecule has 0 saturated carbocycles. The average Bonchev–Trinajstić information content (AvgIpc) is 1.78. The van der Waals surface area contributed by atoms with Crippen LogP contribution >= 0.6 is 0 Å². The van der Waals surface area contributed by atoms with Gasteiger partial charge in [0.05, 0.1) is 6.54 Å². The molecule has 0 aliphatic carbocycles. The van der Waals surface area contributed by atoms with Crippen molar-refractivity contribution in [2.75, 3.05) is 6.54 Å². The van der Waals surface area contributed by atoms with Crippen molar-refractivity contribution in [3.05, 3.63) is 0 Å². The summed E-state index contributed by atoms with van der Waals surface area (Å²) in [6.07, 6.45) is 1.60. The molecule has 58 valence electrons. The topological polar surface area (TPSA) is 90.1 Å². The van der Waals surface area contributed by atoms with Crippen LogP contribution in [-0.2, 0) is 4.79 Å². The summed E-state index contributed by atoms with van der Waals surface area (Å²) in [5.41, 5.74) is 0. The highest BCUT2D eigenvalue weighted by Crippen LogP contribution is 2.00. The second kappa shape index (κ2) is 4.32. The van der Waals surface area contributed by atoms with Gasteiger partial charge in [0.2, 0.25) is 6.08 Å². The standard InChI is InChI=1S/C4H9NO4Si/c6-4-5-2-1-3-10(7,8)9/h7-9H,1-3H2. The van der Waals surface area contributed by atoms with E-state index in [2.05, 4.69) is 4.99 Å². The van der Waals surface area contributed by atoms with Crippen LogP contribution in [0.2, 0.25) is 6.04 Å². The lowest BCUT2D eigenvalue weighted by Gasteiger charge is -2.05. The van der Waals surface area contributed by atoms with Gasteiger partial charge < -0.3 is 14.4 Å². The molecule has 0 bridgehead atoms. The molecule has 0 spiro atoms. The first-order valence-electron chi connectivity index (χ1n) is 2.77. The van der Waals surface area contributed by atoms with E-state index in [1.54, 1.807) is 0 Å². The molecular weight excluding hydrogens is 154 g/mol. The minimum Gasteiger partial charge on any atom is -0.390 e. The molecule has 0 amide bonds. The molecule has 0 aliphatic rings. The fourth-order valence-corrected chi connectivity index (χ4v) is 1.07. The van der Waals surface area contributed by atoms with E-state index in [1.807, 2.05) is 0 Å². The smallest absolute Gasteiger partial charge is 0.390 e. The van der Waals surface area contributed by atoms with Crippen molar-refractivity contribution >= 4 is 14.9 Å². The van der Waals surface area contributed by atoms with Crippen molar-refractivity contribution in [2.45, 2.75) is 12.5 Å². The van der Waals surface area contributed by atoms with Gasteiger partial charge in [-0.15, -0.1) is 0 Å². The van der Waals surface area contributed by atoms with E-state index < -0.39 is 8.80 Å². The summed E-state index contributed by atoms with van der Waals surface area (Å²) in [5.74, 6) is 0. The van der Waals surface area contributed by atoms with E-state index in [0.717, 1.165) is 0 Å². The maximum absolute atomic E-state index is 9.46. The van der Waals surface area contributed by atoms with Gasteiger partial charge in [0, 0.05) is 6.04 Å². The van der Waals surface area contributed by atoms with Crippen LogP contribution in [0.25, 0.3) is 0 Å². The van der Waals surface area contributed by atoms with Crippen LogP contribution in [0.3, 0.4) is 0 Å². The molecule has 0 rings (SSSR count). The first kappa shape index (κ1) is 9.48. The monoisotopic (exact) mass is 163 g/mol. The summed E-state index contributed by atoms with van der Waals surface area (Å²) in [7, 11) is -3.90. The molecule has 0 saturated heterocycles. The number of isocyanates is 1. The van der Waals surface area contributed by atoms with Gasteiger partial charge in [0.15, 0.2) is 0 Å². The van der Waals surface area contributed by atoms with Crippen LogP contribution in [0.5, 0.6) is 0 Å². The molecule has 6 heteroatoms. The van der Waals surface area contributed by atoms with Crippen molar-refractivity contribution in [1.29, 1.82) is 0 Å². The van der Waals surface area contributed by atoms with E-state index in [1.165, 1.54) is 6.08 Å². The maximum Gasteiger partial charge on any atom is 0.492 e. The first-order chi connectivity index (χ1) is 4.56. The zero-order chi connectivity index (χ0) is 8.04. The van der Waals surface area contributed by atoms with Crippen LogP contribution < -0.4 is 0 Å². The Balaban J connectivity index is 3.28. The molecule has 0 aromatic rings. The van der Waals surface area contributed by atoms with Gasteiger partial charge in [-0.1, -0.05) is 0 Å². The fourth-order valence-electron chi connectivity index (χ4n) is 0.441. The number of rotatable bonds is 4. The normalized spacial score (nSPS) is 10.7. The lowest BCUT2D eigenvalue weighted by Crippen LogP contribution is -2.34. The summed E-state index contributed by atoms with van der Waals surface area (Å²) in [6, 6.07) is -0.0851. The molecule has 0 aliphatic heterocycles. The lowest BCUT2D eigenvalue weighted by atomic mass is 10.5. The van der Waals surface area contributed by atoms with Gasteiger partial charge >= 0.3 is 8.80 Å². The van der Waals surface area contributed by atoms with Crippen LogP contribution in [0, 0.1) is 0 Å². The number of hydrogen-bond acceptors (Lipinski definition) is 5. The predicted octanol–water partition coefficient (Wildman–Crippen LogP) is -1.37. The molecule has 10 heavy (non-hydrogen) atoms. The Morgan fingerprint density at radius 2 is 2.00 bits per heavy atom. The zero-order valence-electron chi connectivity index (χ0n) is 5.32. The maximum atomic E-state index is 9.46. The Morgan fingerprint density at radius 3 is 2.40 bits per heavy atom. The van der Waals surface area contributed by atoms with Crippen LogP contribution in [0.4, 0.5) is 0 Å². The van der Waals surface area contributed by atoms with E-state index in [4.69, 9.17) is 14.4 Å². The van der Waals surface area contributed by atoms with Gasteiger partial charge in [0.1, 0.15) is 0 Å². The largest absolute Gasteiger partial charge is 0.492 e. The third-order valence-corrected chi connectivity index (χ3v) is 1.87. The summed E-state index contributed by atoms with van der Waals surface area (Å²) in [4.78, 5) is 37.9. The number of carbonyl (C=O) groups excluding carboxylic acids is 1. The van der Waals surface area contributed by atoms with Gasteiger partial charge in [-0.05, 0) is 6.42 Å². The van der Waals surface area contributed by atoms with Gasteiger partial charge in [-0.2, -0.15) is 0 Å². The molecule has 0 atom stereocenters. The van der Waals surface area contributed by atoms with Gasteiger partial charge in [-0.25, -0.2) is 9.79 Å². The third kappa shape index (κ3) is 7.48. The number of hydrogen-bond donors (Lipinski definition) is 3. The lowest BCUT2D eigenvalue weighted by molar-refractivity contribution is 0.227. The summed E-state index contributed by atoms with van der Waals surface area (Å²) in [6.45, 7) is 0.180. The number of nitrogens with zero attached hydrogens (tertiary/aromatic N) is 1. The Morgan fingerprint density at radius 1 is 1.40 bits per heavy atom. The SMILES string of the molecule is O=C=NCCC[Si](O)(O)O. The highest BCUT2D eigenvalue weighted by atomic mass is 28.4. The zero-order valence-corrected chi connectivity index (χ0v) is 6.32. The molecule has 3 N–H and O–H groups in total. The molecule has 0 unspecified atom stereocenters. The molecule has 0 heterocycles. The van der Waals surface area contributed by atoms with Gasteiger partial charge in [-0.3, -0.25) is 0 Å². The highest BCUT2D eigenvalue weighted by Gasteiger charge is 2.25. The Kier molecular flexibility index (Phi) is 4.09. The first-order valence-corrected chi connectivity index (χ1v) is 4.82. The molecule has 0 fully saturated rings. The fraction of sp³-hybridized carbons (Fsp3) is 0.750. The quantitative estimate of drug-likeness (QED) is 0.206. The van der Waals surface area contributed by atoms with E-state index in [9.17, 15) is 4.79 Å². The third-order valence-electron chi connectivity index (χ3n) is 0.847. The van der Waals surface area contributed by atoms with E-state index >= 15 is 0 Å². The molecular formula is C4H9NO4Si. The summed E-state index contributed by atoms with van der Waals surface area (Å²) < 4.78 is 0. The molecule has 0 aromatic carbocycles. The second-order valence-electron chi connectivity index (χ2n) is 1.85. The Labute approximate surface area is 59.0 Å². The Bertz CT molecular complexity index is 137. The number of aliphatic imine (C=N–C) groups is 1. The minimum atomic E-state index is -3.90. The van der Waals surface area contributed by atoms with Crippen molar-refractivity contribution in [3.63, 3.8) is 0 Å². The summed E-state index contributed by atoms with van der Waals surface area (Å²) >= 11 is 0. The average molecular weight is 163 g/mol. The van der Waals surface area contributed by atoms with Gasteiger partial charge in [0.25, 0.3) is 0 Å². The molecule has 0 aromatic heterocycles. The summed E-state index contributed by atoms with van der Waals surface area (Å²) in [5, 5.41) is 0. The van der Waals surface area contributed by atoms with Crippen molar-refractivity contribution in [1.82, 2.24) is 0 Å². The highest BCUT2D eigenvalue weighted by molar-refractivity contribution is 6.56. The minimum absolute atomic E-state index is 0.0851.